The van der Waals surface area contributed by atoms with Crippen LogP contribution in [0.25, 0.3) is 0 Å². The maximum Gasteiger partial charge on any atom is 0.0955 e. The van der Waals surface area contributed by atoms with Crippen LogP contribution in [-0.2, 0) is 4.74 Å². The van der Waals surface area contributed by atoms with E-state index in [1.54, 1.807) is 0 Å². The molecule has 1 atom stereocenters. The molecular formula is C10H20N2O. The molecular weight excluding hydrogens is 164 g/mol. The molecule has 1 aliphatic heterocycles. The fourth-order valence-electron chi connectivity index (χ4n) is 1.69. The van der Waals surface area contributed by atoms with Crippen molar-refractivity contribution >= 4 is 5.84 Å². The predicted molar refractivity (Wildman–Crippen MR) is 54.2 cm³/mol. The topological polar surface area (TPSA) is 36.3 Å². The fraction of sp³-hybridized carbons (Fsp3) is 0.900. The molecule has 1 N–H and O–H groups in total. The SMILES string of the molecule is CCC(=N)N(CC)CC1CCCO1. The van der Waals surface area contributed by atoms with Crippen LogP contribution in [0.4, 0.5) is 0 Å². The van der Waals surface area contributed by atoms with Crippen LogP contribution in [0.3, 0.4) is 0 Å². The number of nitrogens with one attached hydrogen (secondary N) is 1. The van der Waals surface area contributed by atoms with Gasteiger partial charge in [-0.25, -0.2) is 0 Å². The minimum absolute atomic E-state index is 0.367. The molecule has 1 unspecified atom stereocenters. The highest BCUT2D eigenvalue weighted by Crippen LogP contribution is 2.13. The Bertz CT molecular complexity index is 164. The summed E-state index contributed by atoms with van der Waals surface area (Å²) in [5.41, 5.74) is 0. The third kappa shape index (κ3) is 2.99. The van der Waals surface area contributed by atoms with Crippen molar-refractivity contribution in [3.05, 3.63) is 0 Å². The maximum absolute atomic E-state index is 7.73. The number of amidine groups is 1. The number of hydrogen-bond acceptors (Lipinski definition) is 2. The molecule has 0 bridgehead atoms. The molecule has 1 rings (SSSR count). The van der Waals surface area contributed by atoms with Gasteiger partial charge < -0.3 is 9.64 Å². The van der Waals surface area contributed by atoms with Crippen LogP contribution in [0, 0.1) is 5.41 Å². The Morgan fingerprint density at radius 1 is 1.54 bits per heavy atom. The molecule has 0 aliphatic carbocycles. The summed E-state index contributed by atoms with van der Waals surface area (Å²) in [4.78, 5) is 2.11. The molecule has 13 heavy (non-hydrogen) atoms. The van der Waals surface area contributed by atoms with Gasteiger partial charge in [-0.15, -0.1) is 0 Å². The molecule has 0 saturated carbocycles. The minimum Gasteiger partial charge on any atom is -0.376 e. The van der Waals surface area contributed by atoms with Crippen molar-refractivity contribution in [1.29, 1.82) is 5.41 Å². The second kappa shape index (κ2) is 5.22. The summed E-state index contributed by atoms with van der Waals surface area (Å²) in [6.07, 6.45) is 3.53. The molecule has 3 heteroatoms. The van der Waals surface area contributed by atoms with Gasteiger partial charge in [0.05, 0.1) is 11.9 Å². The standard InChI is InChI=1S/C10H20N2O/c1-3-10(11)12(4-2)8-9-6-5-7-13-9/h9,11H,3-8H2,1-2H3. The molecule has 1 saturated heterocycles. The average molecular weight is 184 g/mol. The van der Waals surface area contributed by atoms with Gasteiger partial charge in [-0.1, -0.05) is 6.92 Å². The first-order valence-electron chi connectivity index (χ1n) is 5.21. The molecule has 76 valence electrons. The van der Waals surface area contributed by atoms with Crippen molar-refractivity contribution in [1.82, 2.24) is 4.90 Å². The largest absolute Gasteiger partial charge is 0.376 e. The van der Waals surface area contributed by atoms with Crippen molar-refractivity contribution in [3.63, 3.8) is 0 Å². The van der Waals surface area contributed by atoms with Gasteiger partial charge in [-0.05, 0) is 19.8 Å². The van der Waals surface area contributed by atoms with E-state index in [1.165, 1.54) is 6.42 Å². The zero-order valence-electron chi connectivity index (χ0n) is 8.68. The normalized spacial score (nSPS) is 21.8. The Kier molecular flexibility index (Phi) is 4.22. The van der Waals surface area contributed by atoms with E-state index in [-0.39, 0.29) is 0 Å². The number of rotatable bonds is 4. The van der Waals surface area contributed by atoms with Gasteiger partial charge in [-0.2, -0.15) is 0 Å². The highest BCUT2D eigenvalue weighted by atomic mass is 16.5. The Morgan fingerprint density at radius 2 is 2.31 bits per heavy atom. The summed E-state index contributed by atoms with van der Waals surface area (Å²) in [6, 6.07) is 0. The lowest BCUT2D eigenvalue weighted by Crippen LogP contribution is -2.36. The minimum atomic E-state index is 0.367. The molecule has 0 aromatic rings. The van der Waals surface area contributed by atoms with Crippen molar-refractivity contribution in [2.45, 2.75) is 39.2 Å². The summed E-state index contributed by atoms with van der Waals surface area (Å²) in [5, 5.41) is 7.73. The third-order valence-electron chi connectivity index (χ3n) is 2.55. The first-order valence-corrected chi connectivity index (χ1v) is 5.21. The quantitative estimate of drug-likeness (QED) is 0.535. The van der Waals surface area contributed by atoms with Crippen molar-refractivity contribution in [3.8, 4) is 0 Å². The van der Waals surface area contributed by atoms with Gasteiger partial charge >= 0.3 is 0 Å². The zero-order chi connectivity index (χ0) is 9.68. The first-order chi connectivity index (χ1) is 6.27. The fourth-order valence-corrected chi connectivity index (χ4v) is 1.69. The number of likely N-dealkylation sites (N-methyl/N-ethyl adjacent to an activating group) is 1. The summed E-state index contributed by atoms with van der Waals surface area (Å²) in [6.45, 7) is 6.86. The van der Waals surface area contributed by atoms with Gasteiger partial charge in [0.2, 0.25) is 0 Å². The van der Waals surface area contributed by atoms with Crippen molar-refractivity contribution < 1.29 is 4.74 Å². The number of hydrogen-bond donors (Lipinski definition) is 1. The summed E-state index contributed by atoms with van der Waals surface area (Å²) in [5.74, 6) is 0.734. The van der Waals surface area contributed by atoms with E-state index in [4.69, 9.17) is 10.1 Å². The van der Waals surface area contributed by atoms with E-state index >= 15 is 0 Å². The van der Waals surface area contributed by atoms with Gasteiger partial charge in [0.15, 0.2) is 0 Å². The molecule has 0 aromatic heterocycles. The smallest absolute Gasteiger partial charge is 0.0955 e. The Labute approximate surface area is 80.6 Å². The molecule has 0 amide bonds. The molecule has 0 aromatic carbocycles. The Hall–Kier alpha value is -0.570. The predicted octanol–water partition coefficient (Wildman–Crippen LogP) is 1.87. The summed E-state index contributed by atoms with van der Waals surface area (Å²) >= 11 is 0. The Balaban J connectivity index is 2.33. The number of ether oxygens (including phenoxy) is 1. The Morgan fingerprint density at radius 3 is 2.77 bits per heavy atom. The van der Waals surface area contributed by atoms with E-state index in [0.717, 1.165) is 38.4 Å². The average Bonchev–Trinajstić information content (AvgIpc) is 2.65. The number of nitrogens with zero attached hydrogens (tertiary/aromatic N) is 1. The lowest BCUT2D eigenvalue weighted by atomic mass is 10.2. The van der Waals surface area contributed by atoms with Crippen LogP contribution >= 0.6 is 0 Å². The van der Waals surface area contributed by atoms with Crippen LogP contribution < -0.4 is 0 Å². The second-order valence-corrected chi connectivity index (χ2v) is 3.47. The molecule has 3 nitrogen and oxygen atoms in total. The maximum atomic E-state index is 7.73. The van der Waals surface area contributed by atoms with E-state index in [2.05, 4.69) is 11.8 Å². The van der Waals surface area contributed by atoms with Crippen LogP contribution in [0.15, 0.2) is 0 Å². The van der Waals surface area contributed by atoms with Gasteiger partial charge in [0.1, 0.15) is 0 Å². The first kappa shape index (κ1) is 10.5. The van der Waals surface area contributed by atoms with Crippen LogP contribution in [-0.4, -0.2) is 36.5 Å². The molecule has 1 aliphatic rings. The summed E-state index contributed by atoms with van der Waals surface area (Å²) < 4.78 is 5.54. The monoisotopic (exact) mass is 184 g/mol. The van der Waals surface area contributed by atoms with E-state index in [9.17, 15) is 0 Å². The molecule has 1 heterocycles. The lowest BCUT2D eigenvalue weighted by Gasteiger charge is -2.25. The van der Waals surface area contributed by atoms with E-state index in [1.807, 2.05) is 6.92 Å². The summed E-state index contributed by atoms with van der Waals surface area (Å²) in [7, 11) is 0. The van der Waals surface area contributed by atoms with Crippen LogP contribution in [0.2, 0.25) is 0 Å². The zero-order valence-corrected chi connectivity index (χ0v) is 8.68. The van der Waals surface area contributed by atoms with Crippen LogP contribution in [0.1, 0.15) is 33.1 Å². The second-order valence-electron chi connectivity index (χ2n) is 3.47. The molecule has 0 spiro atoms. The lowest BCUT2D eigenvalue weighted by molar-refractivity contribution is 0.0917. The van der Waals surface area contributed by atoms with E-state index in [0.29, 0.717) is 6.10 Å². The van der Waals surface area contributed by atoms with Gasteiger partial charge in [0, 0.05) is 26.1 Å². The highest BCUT2D eigenvalue weighted by Gasteiger charge is 2.19. The van der Waals surface area contributed by atoms with Gasteiger partial charge in [0.25, 0.3) is 0 Å². The molecule has 1 fully saturated rings. The van der Waals surface area contributed by atoms with Gasteiger partial charge in [-0.3, -0.25) is 5.41 Å². The van der Waals surface area contributed by atoms with Crippen LogP contribution in [0.5, 0.6) is 0 Å². The van der Waals surface area contributed by atoms with Crippen molar-refractivity contribution in [2.24, 2.45) is 0 Å². The van der Waals surface area contributed by atoms with E-state index < -0.39 is 0 Å². The molecule has 0 radical (unpaired) electrons. The highest BCUT2D eigenvalue weighted by molar-refractivity contribution is 5.78. The van der Waals surface area contributed by atoms with Crippen molar-refractivity contribution in [2.75, 3.05) is 19.7 Å². The third-order valence-corrected chi connectivity index (χ3v) is 2.55.